The van der Waals surface area contributed by atoms with Crippen LogP contribution in [-0.2, 0) is 28.6 Å². The van der Waals surface area contributed by atoms with Gasteiger partial charge in [-0.1, -0.05) is 180 Å². The smallest absolute Gasteiger partial charge is 0.362 e. The van der Waals surface area contributed by atoms with Crippen LogP contribution in [0.2, 0.25) is 0 Å². The summed E-state index contributed by atoms with van der Waals surface area (Å²) in [4.78, 5) is 37.0. The molecule has 0 aliphatic carbocycles. The average molecular weight is 795 g/mol. The van der Waals surface area contributed by atoms with E-state index in [1.807, 2.05) is 21.1 Å². The topological polar surface area (TPSA) is 99.1 Å². The highest BCUT2D eigenvalue weighted by molar-refractivity contribution is 5.72. The van der Waals surface area contributed by atoms with Crippen LogP contribution in [-0.4, -0.2) is 80.6 Å². The maximum atomic E-state index is 12.7. The van der Waals surface area contributed by atoms with E-state index >= 15 is 0 Å². The molecule has 0 bridgehead atoms. The number of nitrogens with zero attached hydrogens (tertiary/aromatic N) is 1. The monoisotopic (exact) mass is 795 g/mol. The van der Waals surface area contributed by atoms with E-state index in [1.54, 1.807) is 0 Å². The number of quaternary nitrogens is 1. The summed E-state index contributed by atoms with van der Waals surface area (Å²) < 4.78 is 17.3. The summed E-state index contributed by atoms with van der Waals surface area (Å²) in [6.45, 7) is 4.76. The van der Waals surface area contributed by atoms with E-state index in [-0.39, 0.29) is 36.2 Å². The Morgan fingerprint density at radius 2 is 0.893 bits per heavy atom. The molecule has 330 valence electrons. The second-order valence-corrected chi connectivity index (χ2v) is 17.4. The molecular weight excluding hydrogens is 703 g/mol. The normalized spacial score (nSPS) is 12.9. The minimum absolute atomic E-state index is 0.0473. The molecule has 1 N–H and O–H groups in total. The number of aliphatic carboxylic acids is 1. The van der Waals surface area contributed by atoms with Crippen LogP contribution in [0.1, 0.15) is 226 Å². The van der Waals surface area contributed by atoms with Crippen LogP contribution in [0.3, 0.4) is 0 Å². The molecule has 0 saturated carbocycles. The van der Waals surface area contributed by atoms with Gasteiger partial charge in [0.1, 0.15) is 6.61 Å². The maximum absolute atomic E-state index is 12.7. The lowest BCUT2D eigenvalue weighted by atomic mass is 10.0. The van der Waals surface area contributed by atoms with Crippen molar-refractivity contribution in [1.82, 2.24) is 0 Å². The number of likely N-dealkylation sites (N-methyl/N-ethyl adjacent to an activating group) is 1. The van der Waals surface area contributed by atoms with Gasteiger partial charge in [-0.2, -0.15) is 0 Å². The van der Waals surface area contributed by atoms with Gasteiger partial charge in [-0.25, -0.2) is 4.79 Å². The third kappa shape index (κ3) is 37.6. The van der Waals surface area contributed by atoms with Crippen LogP contribution in [0.25, 0.3) is 0 Å². The van der Waals surface area contributed by atoms with Crippen molar-refractivity contribution in [3.8, 4) is 0 Å². The van der Waals surface area contributed by atoms with E-state index in [0.29, 0.717) is 19.3 Å². The minimum Gasteiger partial charge on any atom is -0.477 e. The van der Waals surface area contributed by atoms with Crippen LogP contribution in [0, 0.1) is 0 Å². The summed E-state index contributed by atoms with van der Waals surface area (Å²) in [5.74, 6) is -1.46. The predicted octanol–water partition coefficient (Wildman–Crippen LogP) is 13.1. The fourth-order valence-corrected chi connectivity index (χ4v) is 7.21. The molecule has 0 heterocycles. The molecule has 0 aromatic rings. The van der Waals surface area contributed by atoms with Crippen LogP contribution < -0.4 is 0 Å². The summed E-state index contributed by atoms with van der Waals surface area (Å²) in [6, 6.07) is -0.610. The number of hydrogen-bond donors (Lipinski definition) is 1. The summed E-state index contributed by atoms with van der Waals surface area (Å²) in [5, 5.41) is 9.62. The zero-order valence-electron chi connectivity index (χ0n) is 37.6. The zero-order chi connectivity index (χ0) is 41.4. The average Bonchev–Trinajstić information content (AvgIpc) is 3.15. The fraction of sp³-hybridized carbons (Fsp3) is 0.896. The standard InChI is InChI=1S/C48H91NO7/c1-6-8-10-12-14-16-18-20-21-22-23-24-25-26-27-29-30-32-34-36-38-46(50)55-43-44(42-54-41-40-45(48(52)53)49(3,4)5)56-47(51)39-37-35-33-31-28-19-17-15-13-11-9-7-2/h23-24,44-45H,6-22,25-43H2,1-5H3/p+1/b24-23+. The number of hydrogen-bond acceptors (Lipinski definition) is 6. The molecule has 56 heavy (non-hydrogen) atoms. The molecule has 0 aromatic carbocycles. The fourth-order valence-electron chi connectivity index (χ4n) is 7.21. The Kier molecular flexibility index (Phi) is 38.5. The van der Waals surface area contributed by atoms with Gasteiger partial charge in [-0.05, 0) is 38.5 Å². The first-order valence-electron chi connectivity index (χ1n) is 23.7. The molecule has 2 atom stereocenters. The van der Waals surface area contributed by atoms with Crippen molar-refractivity contribution < 1.29 is 38.2 Å². The number of carboxylic acid groups (broad SMARTS) is 1. The Balaban J connectivity index is 4.22. The van der Waals surface area contributed by atoms with Crippen molar-refractivity contribution >= 4 is 17.9 Å². The molecule has 0 saturated heterocycles. The molecule has 0 amide bonds. The molecular formula is C48H92NO7+. The second kappa shape index (κ2) is 39.9. The molecule has 0 aliphatic heterocycles. The van der Waals surface area contributed by atoms with Crippen molar-refractivity contribution in [2.75, 3.05) is 41.0 Å². The van der Waals surface area contributed by atoms with E-state index in [4.69, 9.17) is 14.2 Å². The summed E-state index contributed by atoms with van der Waals surface area (Å²) in [6.07, 6.45) is 42.5. The molecule has 0 aliphatic rings. The van der Waals surface area contributed by atoms with Crippen LogP contribution >= 0.6 is 0 Å². The van der Waals surface area contributed by atoms with Gasteiger partial charge in [0.05, 0.1) is 34.4 Å². The first kappa shape index (κ1) is 54.1. The first-order valence-corrected chi connectivity index (χ1v) is 23.7. The van der Waals surface area contributed by atoms with E-state index in [2.05, 4.69) is 26.0 Å². The number of esters is 2. The number of carbonyl (C=O) groups excluding carboxylic acids is 2. The predicted molar refractivity (Wildman–Crippen MR) is 234 cm³/mol. The number of carbonyl (C=O) groups is 3. The number of allylic oxidation sites excluding steroid dienone is 2. The molecule has 2 unspecified atom stereocenters. The van der Waals surface area contributed by atoms with Gasteiger partial charge < -0.3 is 23.8 Å². The van der Waals surface area contributed by atoms with Crippen LogP contribution in [0.4, 0.5) is 0 Å². The van der Waals surface area contributed by atoms with E-state index in [9.17, 15) is 19.5 Å². The van der Waals surface area contributed by atoms with Crippen molar-refractivity contribution in [2.45, 2.75) is 238 Å². The molecule has 0 aromatic heterocycles. The Labute approximate surface area is 346 Å². The van der Waals surface area contributed by atoms with Crippen molar-refractivity contribution in [3.05, 3.63) is 12.2 Å². The Morgan fingerprint density at radius 1 is 0.518 bits per heavy atom. The highest BCUT2D eigenvalue weighted by atomic mass is 16.6. The lowest BCUT2D eigenvalue weighted by Gasteiger charge is -2.31. The molecule has 0 fully saturated rings. The molecule has 0 spiro atoms. The quantitative estimate of drug-likeness (QED) is 0.0284. The number of unbranched alkanes of at least 4 members (excludes halogenated alkanes) is 27. The largest absolute Gasteiger partial charge is 0.477 e. The van der Waals surface area contributed by atoms with E-state index in [1.165, 1.54) is 154 Å². The first-order chi connectivity index (χ1) is 27.1. The van der Waals surface area contributed by atoms with Gasteiger partial charge in [0.25, 0.3) is 0 Å². The Hall–Kier alpha value is -1.93. The lowest BCUT2D eigenvalue weighted by Crippen LogP contribution is -2.50. The third-order valence-electron chi connectivity index (χ3n) is 10.9. The van der Waals surface area contributed by atoms with Gasteiger partial charge in [0.15, 0.2) is 12.1 Å². The molecule has 8 nitrogen and oxygen atoms in total. The van der Waals surface area contributed by atoms with Gasteiger partial charge >= 0.3 is 17.9 Å². The molecule has 0 radical (unpaired) electrons. The number of rotatable bonds is 43. The SMILES string of the molecule is CCCCCCCCCCC/C=C/CCCCCCCCCC(=O)OCC(COCCC(C(=O)O)[N+](C)(C)C)OC(=O)CCCCCCCCCCCCCC. The van der Waals surface area contributed by atoms with Gasteiger partial charge in [0.2, 0.25) is 0 Å². The summed E-state index contributed by atoms with van der Waals surface area (Å²) in [7, 11) is 5.54. The zero-order valence-corrected chi connectivity index (χ0v) is 37.6. The van der Waals surface area contributed by atoms with E-state index in [0.717, 1.165) is 38.5 Å². The van der Waals surface area contributed by atoms with Gasteiger partial charge in [0, 0.05) is 19.3 Å². The Bertz CT molecular complexity index is 931. The van der Waals surface area contributed by atoms with Crippen LogP contribution in [0.15, 0.2) is 12.2 Å². The summed E-state index contributed by atoms with van der Waals surface area (Å²) >= 11 is 0. The van der Waals surface area contributed by atoms with Crippen molar-refractivity contribution in [1.29, 1.82) is 0 Å². The van der Waals surface area contributed by atoms with Crippen molar-refractivity contribution in [2.24, 2.45) is 0 Å². The Morgan fingerprint density at radius 3 is 1.29 bits per heavy atom. The third-order valence-corrected chi connectivity index (χ3v) is 10.9. The highest BCUT2D eigenvalue weighted by Gasteiger charge is 2.31. The number of carboxylic acids is 1. The highest BCUT2D eigenvalue weighted by Crippen LogP contribution is 2.15. The minimum atomic E-state index is -0.872. The number of ether oxygens (including phenoxy) is 3. The summed E-state index contributed by atoms with van der Waals surface area (Å²) in [5.41, 5.74) is 0. The maximum Gasteiger partial charge on any atom is 0.362 e. The van der Waals surface area contributed by atoms with Gasteiger partial charge in [-0.3, -0.25) is 9.59 Å². The lowest BCUT2D eigenvalue weighted by molar-refractivity contribution is -0.887. The van der Waals surface area contributed by atoms with Gasteiger partial charge in [-0.15, -0.1) is 0 Å². The van der Waals surface area contributed by atoms with Crippen molar-refractivity contribution in [3.63, 3.8) is 0 Å². The second-order valence-electron chi connectivity index (χ2n) is 17.4. The molecule has 0 rings (SSSR count). The van der Waals surface area contributed by atoms with Crippen LogP contribution in [0.5, 0.6) is 0 Å². The molecule has 8 heteroatoms. The van der Waals surface area contributed by atoms with E-state index < -0.39 is 18.1 Å².